The Kier molecular flexibility index (Phi) is 46.6. The molecule has 1 aliphatic rings. The van der Waals surface area contributed by atoms with Crippen LogP contribution in [0.2, 0.25) is 0 Å². The largest absolute Gasteiger partial charge is 0.466 e. The van der Waals surface area contributed by atoms with Gasteiger partial charge in [0.2, 0.25) is 0 Å². The fourth-order valence-electron chi connectivity index (χ4n) is 5.92. The minimum atomic E-state index is -0.104. The van der Waals surface area contributed by atoms with Gasteiger partial charge in [-0.2, -0.15) is 0 Å². The molecule has 0 aromatic rings. The minimum absolute atomic E-state index is 0.0210. The summed E-state index contributed by atoms with van der Waals surface area (Å²) in [5.41, 5.74) is 1.21. The molecule has 1 aliphatic carbocycles. The molecule has 0 spiro atoms. The van der Waals surface area contributed by atoms with Crippen LogP contribution in [0.5, 0.6) is 0 Å². The van der Waals surface area contributed by atoms with E-state index in [1.54, 1.807) is 0 Å². The second kappa shape index (κ2) is 46.8. The number of unbranched alkanes of at least 4 members (excludes halogenated alkanes) is 22. The fraction of sp³-hybridized carbons (Fsp3) is 0.760. The third-order valence-electron chi connectivity index (χ3n) is 9.46. The zero-order valence-corrected chi connectivity index (χ0v) is 36.9. The highest BCUT2D eigenvalue weighted by Gasteiger charge is 2.06. The van der Waals surface area contributed by atoms with Gasteiger partial charge in [-0.15, -0.1) is 0 Å². The molecule has 0 aliphatic heterocycles. The zero-order valence-electron chi connectivity index (χ0n) is 36.9. The van der Waals surface area contributed by atoms with Crippen LogP contribution >= 0.6 is 0 Å². The lowest BCUT2D eigenvalue weighted by atomic mass is 10.1. The molecule has 0 aromatic carbocycles. The molecule has 0 N–H and O–H groups in total. The van der Waals surface area contributed by atoms with Crippen molar-refractivity contribution in [2.24, 2.45) is 0 Å². The molecule has 0 bridgehead atoms. The Morgan fingerprint density at radius 3 is 1.37 bits per heavy atom. The van der Waals surface area contributed by atoms with Gasteiger partial charge in [0.15, 0.2) is 0 Å². The summed E-state index contributed by atoms with van der Waals surface area (Å²) in [6, 6.07) is 0. The van der Waals surface area contributed by atoms with E-state index in [-0.39, 0.29) is 11.9 Å². The van der Waals surface area contributed by atoms with Crippen molar-refractivity contribution in [2.75, 3.05) is 6.61 Å². The quantitative estimate of drug-likeness (QED) is 0.0380. The first-order valence-corrected chi connectivity index (χ1v) is 23.2. The molecule has 0 fully saturated rings. The number of rotatable bonds is 33. The van der Waals surface area contributed by atoms with Gasteiger partial charge >= 0.3 is 11.9 Å². The van der Waals surface area contributed by atoms with Crippen molar-refractivity contribution in [1.29, 1.82) is 0 Å². The molecule has 0 saturated heterocycles. The monoisotopic (exact) mass is 755 g/mol. The van der Waals surface area contributed by atoms with Gasteiger partial charge in [0.1, 0.15) is 5.76 Å². The number of hydrogen-bond acceptors (Lipinski definition) is 4. The first-order valence-electron chi connectivity index (χ1n) is 23.2. The van der Waals surface area contributed by atoms with Crippen molar-refractivity contribution in [3.8, 4) is 0 Å². The summed E-state index contributed by atoms with van der Waals surface area (Å²) in [6.45, 7) is 13.6. The summed E-state index contributed by atoms with van der Waals surface area (Å²) in [5.74, 6) is 0.560. The van der Waals surface area contributed by atoms with Gasteiger partial charge in [-0.05, 0) is 89.7 Å². The average Bonchev–Trinajstić information content (AvgIpc) is 3.38. The molecule has 0 aromatic heterocycles. The minimum Gasteiger partial charge on any atom is -0.466 e. The third kappa shape index (κ3) is 45.8. The number of esters is 2. The lowest BCUT2D eigenvalue weighted by molar-refractivity contribution is -0.143. The SMILES string of the molecule is CCCC/C=C/CCCCCCCCC(=O)OC1=CCC=C(C)C=C1.CCCCC.CCCCCCCC/C=C/CCCCCCCCC(=O)OCCC. The lowest BCUT2D eigenvalue weighted by Gasteiger charge is -2.05. The van der Waals surface area contributed by atoms with Crippen molar-refractivity contribution >= 4 is 11.9 Å². The highest BCUT2D eigenvalue weighted by molar-refractivity contribution is 5.71. The Morgan fingerprint density at radius 1 is 0.481 bits per heavy atom. The molecule has 0 amide bonds. The summed E-state index contributed by atoms with van der Waals surface area (Å²) < 4.78 is 10.5. The number of allylic oxidation sites excluding steroid dienone is 9. The molecular formula is C50H90O4. The normalized spacial score (nSPS) is 12.4. The van der Waals surface area contributed by atoms with Crippen molar-refractivity contribution in [3.05, 3.63) is 59.9 Å². The van der Waals surface area contributed by atoms with Gasteiger partial charge in [-0.1, -0.05) is 192 Å². The van der Waals surface area contributed by atoms with E-state index in [1.165, 1.54) is 153 Å². The third-order valence-corrected chi connectivity index (χ3v) is 9.46. The molecule has 314 valence electrons. The number of ether oxygens (including phenoxy) is 2. The Labute approximate surface area is 337 Å². The molecule has 0 saturated carbocycles. The zero-order chi connectivity index (χ0) is 40.0. The second-order valence-electron chi connectivity index (χ2n) is 15.1. The van der Waals surface area contributed by atoms with Crippen molar-refractivity contribution < 1.29 is 19.1 Å². The molecule has 54 heavy (non-hydrogen) atoms. The predicted molar refractivity (Wildman–Crippen MR) is 238 cm³/mol. The van der Waals surface area contributed by atoms with Gasteiger partial charge in [-0.3, -0.25) is 9.59 Å². The van der Waals surface area contributed by atoms with E-state index in [4.69, 9.17) is 9.47 Å². The molecule has 4 nitrogen and oxygen atoms in total. The Hall–Kier alpha value is -2.36. The summed E-state index contributed by atoms with van der Waals surface area (Å²) in [7, 11) is 0. The highest BCUT2D eigenvalue weighted by atomic mass is 16.5. The van der Waals surface area contributed by atoms with Crippen LogP contribution in [0.25, 0.3) is 0 Å². The summed E-state index contributed by atoms with van der Waals surface area (Å²) >= 11 is 0. The van der Waals surface area contributed by atoms with E-state index in [1.807, 2.05) is 25.2 Å². The van der Waals surface area contributed by atoms with Gasteiger partial charge in [-0.25, -0.2) is 0 Å². The first kappa shape index (κ1) is 53.7. The molecule has 1 rings (SSSR count). The second-order valence-corrected chi connectivity index (χ2v) is 15.1. The van der Waals surface area contributed by atoms with Gasteiger partial charge < -0.3 is 9.47 Å². The number of carbonyl (C=O) groups excluding carboxylic acids is 2. The van der Waals surface area contributed by atoms with Crippen molar-refractivity contribution in [2.45, 2.75) is 241 Å². The molecule has 0 radical (unpaired) electrons. The Balaban J connectivity index is 0. The topological polar surface area (TPSA) is 52.6 Å². The van der Waals surface area contributed by atoms with Gasteiger partial charge in [0, 0.05) is 12.8 Å². The Bertz CT molecular complexity index is 952. The standard InChI is InChI=1S/C23H36O2.C22H42O2.C5H12/c1-3-4-5-6-7-8-9-10-11-12-13-14-18-23(24)25-22-17-15-16-21(2)19-20-22;1-3-5-6-7-8-9-10-11-12-13-14-15-16-17-18-19-20-22(23)24-21-4-2;1-3-5-4-2/h6-7,16-17,19-20H,3-5,8-15,18H2,1-2H3;11-12H,3-10,13-21H2,1-2H3;3-5H2,1-2H3/b7-6+;12-11+;. The van der Waals surface area contributed by atoms with Crippen LogP contribution in [0.15, 0.2) is 59.9 Å². The maximum absolute atomic E-state index is 11.9. The van der Waals surface area contributed by atoms with Gasteiger partial charge in [0.05, 0.1) is 6.61 Å². The Morgan fingerprint density at radius 2 is 0.907 bits per heavy atom. The van der Waals surface area contributed by atoms with Gasteiger partial charge in [0.25, 0.3) is 0 Å². The van der Waals surface area contributed by atoms with Crippen molar-refractivity contribution in [3.63, 3.8) is 0 Å². The van der Waals surface area contributed by atoms with Crippen LogP contribution in [0.4, 0.5) is 0 Å². The summed E-state index contributed by atoms with van der Waals surface area (Å²) in [5, 5.41) is 0. The molecule has 0 atom stereocenters. The van der Waals surface area contributed by atoms with E-state index in [0.717, 1.165) is 38.5 Å². The summed E-state index contributed by atoms with van der Waals surface area (Å²) in [6.07, 6.45) is 54.6. The predicted octanol–water partition coefficient (Wildman–Crippen LogP) is 16.8. The van der Waals surface area contributed by atoms with E-state index in [9.17, 15) is 9.59 Å². The maximum Gasteiger partial charge on any atom is 0.311 e. The van der Waals surface area contributed by atoms with Crippen LogP contribution in [0.1, 0.15) is 241 Å². The summed E-state index contributed by atoms with van der Waals surface area (Å²) in [4.78, 5) is 23.2. The maximum atomic E-state index is 11.9. The smallest absolute Gasteiger partial charge is 0.311 e. The first-order chi connectivity index (χ1) is 26.4. The van der Waals surface area contributed by atoms with Crippen LogP contribution in [-0.4, -0.2) is 18.5 Å². The van der Waals surface area contributed by atoms with E-state index in [0.29, 0.717) is 25.2 Å². The van der Waals surface area contributed by atoms with E-state index in [2.05, 4.69) is 65.0 Å². The van der Waals surface area contributed by atoms with E-state index < -0.39 is 0 Å². The highest BCUT2D eigenvalue weighted by Crippen LogP contribution is 2.15. The molecule has 0 unspecified atom stereocenters. The van der Waals surface area contributed by atoms with Crippen LogP contribution in [0.3, 0.4) is 0 Å². The van der Waals surface area contributed by atoms with Crippen LogP contribution in [0, 0.1) is 0 Å². The number of carbonyl (C=O) groups is 2. The molecular weight excluding hydrogens is 665 g/mol. The molecule has 4 heteroatoms. The van der Waals surface area contributed by atoms with Crippen LogP contribution < -0.4 is 0 Å². The average molecular weight is 755 g/mol. The molecule has 0 heterocycles. The fourth-order valence-corrected chi connectivity index (χ4v) is 5.92. The number of hydrogen-bond donors (Lipinski definition) is 0. The van der Waals surface area contributed by atoms with E-state index >= 15 is 0 Å². The lowest BCUT2D eigenvalue weighted by Crippen LogP contribution is -2.04. The van der Waals surface area contributed by atoms with Crippen molar-refractivity contribution in [1.82, 2.24) is 0 Å². The van der Waals surface area contributed by atoms with Crippen LogP contribution in [-0.2, 0) is 19.1 Å².